The molecule has 0 saturated carbocycles. The second kappa shape index (κ2) is 16.3. The monoisotopic (exact) mass is 558 g/mol. The van der Waals surface area contributed by atoms with Crippen molar-refractivity contribution in [3.05, 3.63) is 182 Å². The first-order chi connectivity index (χ1) is 18.9. The Balaban J connectivity index is 0.000000210. The van der Waals surface area contributed by atoms with Crippen LogP contribution in [-0.2, 0) is 0 Å². The molecule has 6 N–H and O–H groups in total. The zero-order valence-corrected chi connectivity index (χ0v) is 24.4. The smallest absolute Gasteiger partial charge is 0.0134 e. The maximum absolute atomic E-state index is 2.23. The Morgan fingerprint density at radius 1 is 0.200 bits per heavy atom. The van der Waals surface area contributed by atoms with Gasteiger partial charge in [-0.1, -0.05) is 182 Å². The number of benzene rings is 6. The lowest BCUT2D eigenvalue weighted by molar-refractivity contribution is 1.74. The van der Waals surface area contributed by atoms with Crippen LogP contribution >= 0.6 is 15.8 Å². The fraction of sp³-hybridized carbons (Fsp3) is 0. The van der Waals surface area contributed by atoms with Crippen LogP contribution in [0.2, 0.25) is 0 Å². The molecular weight excluding hydrogens is 522 g/mol. The Morgan fingerprint density at radius 2 is 0.325 bits per heavy atom. The van der Waals surface area contributed by atoms with Gasteiger partial charge in [-0.3, -0.25) is 0 Å². The van der Waals surface area contributed by atoms with Crippen LogP contribution in [0, 0.1) is 0 Å². The summed E-state index contributed by atoms with van der Waals surface area (Å²) in [5.74, 6) is 0. The summed E-state index contributed by atoms with van der Waals surface area (Å²) in [5, 5.41) is 8.39. The van der Waals surface area contributed by atoms with Gasteiger partial charge < -0.3 is 12.3 Å². The molecule has 6 rings (SSSR count). The van der Waals surface area contributed by atoms with Gasteiger partial charge >= 0.3 is 0 Å². The molecule has 6 aromatic rings. The number of hydrogen-bond acceptors (Lipinski definition) is 2. The summed E-state index contributed by atoms with van der Waals surface area (Å²) in [6.45, 7) is 0. The second-order valence-corrected chi connectivity index (χ2v) is 13.1. The van der Waals surface area contributed by atoms with Crippen molar-refractivity contribution < 1.29 is 0 Å². The molecule has 4 heteroatoms. The van der Waals surface area contributed by atoms with Gasteiger partial charge in [0.15, 0.2) is 0 Å². The summed E-state index contributed by atoms with van der Waals surface area (Å²) in [6, 6.07) is 64.7. The average molecular weight is 559 g/mol. The van der Waals surface area contributed by atoms with Crippen LogP contribution < -0.4 is 44.1 Å². The van der Waals surface area contributed by atoms with E-state index < -0.39 is 15.8 Å². The molecule has 6 aromatic carbocycles. The molecule has 0 bridgehead atoms. The lowest BCUT2D eigenvalue weighted by atomic mass is 10.4. The minimum Gasteiger partial charge on any atom is -0.344 e. The maximum atomic E-state index is 2.23. The Morgan fingerprint density at radius 3 is 0.450 bits per heavy atom. The van der Waals surface area contributed by atoms with Gasteiger partial charge in [-0.05, 0) is 47.7 Å². The molecule has 0 saturated heterocycles. The van der Waals surface area contributed by atoms with Crippen LogP contribution in [0.3, 0.4) is 0 Å². The molecule has 0 radical (unpaired) electrons. The third-order valence-corrected chi connectivity index (χ3v) is 11.0. The highest BCUT2D eigenvalue weighted by atomic mass is 31.1. The molecule has 40 heavy (non-hydrogen) atoms. The Labute approximate surface area is 241 Å². The molecule has 2 nitrogen and oxygen atoms in total. The first-order valence-electron chi connectivity index (χ1n) is 12.8. The van der Waals surface area contributed by atoms with Crippen LogP contribution in [0.15, 0.2) is 182 Å². The normalized spacial score (nSPS) is 10.1. The summed E-state index contributed by atoms with van der Waals surface area (Å²) < 4.78 is 0. The highest BCUT2D eigenvalue weighted by Gasteiger charge is 2.16. The molecule has 0 amide bonds. The Kier molecular flexibility index (Phi) is 12.5. The van der Waals surface area contributed by atoms with Crippen molar-refractivity contribution >= 4 is 47.7 Å². The van der Waals surface area contributed by atoms with Crippen molar-refractivity contribution in [1.82, 2.24) is 12.3 Å². The van der Waals surface area contributed by atoms with Crippen LogP contribution in [0.4, 0.5) is 0 Å². The van der Waals surface area contributed by atoms with Gasteiger partial charge in [0.25, 0.3) is 0 Å². The van der Waals surface area contributed by atoms with Crippen LogP contribution in [0.25, 0.3) is 0 Å². The van der Waals surface area contributed by atoms with Gasteiger partial charge in [0.05, 0.1) is 0 Å². The topological polar surface area (TPSA) is 70.0 Å². The molecule has 0 spiro atoms. The summed E-state index contributed by atoms with van der Waals surface area (Å²) in [6.07, 6.45) is 0. The second-order valence-electron chi connectivity index (χ2n) is 8.68. The van der Waals surface area contributed by atoms with E-state index in [0.29, 0.717) is 0 Å². The van der Waals surface area contributed by atoms with E-state index in [4.69, 9.17) is 0 Å². The van der Waals surface area contributed by atoms with Crippen LogP contribution in [-0.4, -0.2) is 0 Å². The van der Waals surface area contributed by atoms with Gasteiger partial charge in [0, 0.05) is 0 Å². The van der Waals surface area contributed by atoms with E-state index in [-0.39, 0.29) is 12.3 Å². The van der Waals surface area contributed by atoms with Crippen molar-refractivity contribution in [2.75, 3.05) is 0 Å². The van der Waals surface area contributed by atoms with E-state index in [1.807, 2.05) is 0 Å². The minimum atomic E-state index is -0.446. The predicted molar refractivity (Wildman–Crippen MR) is 180 cm³/mol. The van der Waals surface area contributed by atoms with E-state index in [1.165, 1.54) is 31.8 Å². The molecule has 0 unspecified atom stereocenters. The van der Waals surface area contributed by atoms with Gasteiger partial charge in [-0.25, -0.2) is 0 Å². The fourth-order valence-corrected chi connectivity index (χ4v) is 8.97. The van der Waals surface area contributed by atoms with E-state index >= 15 is 0 Å². The van der Waals surface area contributed by atoms with Crippen molar-refractivity contribution in [2.24, 2.45) is 0 Å². The summed E-state index contributed by atoms with van der Waals surface area (Å²) in [4.78, 5) is 0. The van der Waals surface area contributed by atoms with Crippen LogP contribution in [0.1, 0.15) is 0 Å². The van der Waals surface area contributed by atoms with E-state index in [2.05, 4.69) is 182 Å². The van der Waals surface area contributed by atoms with Gasteiger partial charge in [-0.2, -0.15) is 0 Å². The molecule has 0 aromatic heterocycles. The van der Waals surface area contributed by atoms with Crippen molar-refractivity contribution in [3.63, 3.8) is 0 Å². The van der Waals surface area contributed by atoms with Crippen molar-refractivity contribution in [1.29, 1.82) is 0 Å². The molecule has 0 atom stereocenters. The summed E-state index contributed by atoms with van der Waals surface area (Å²) >= 11 is 0. The SMILES string of the molecule is N.N.c1ccc(P(c2ccccc2)c2ccccc2)cc1.c1ccc(P(c2ccccc2)c2ccccc2)cc1. The van der Waals surface area contributed by atoms with E-state index in [1.54, 1.807) is 0 Å². The standard InChI is InChI=1S/2C18H15P.2H3N/c2*1-4-10-16(11-5-1)19(17-12-6-2-7-13-17)18-14-8-3-9-15-18;;/h2*1-15H;2*1H3. The lowest BCUT2D eigenvalue weighted by Gasteiger charge is -2.18. The highest BCUT2D eigenvalue weighted by molar-refractivity contribution is 7.80. The molecule has 0 fully saturated rings. The third kappa shape index (κ3) is 8.06. The maximum Gasteiger partial charge on any atom is -0.0134 e. The Hall–Kier alpha value is -3.90. The zero-order valence-electron chi connectivity index (χ0n) is 22.6. The van der Waals surface area contributed by atoms with Gasteiger partial charge in [-0.15, -0.1) is 0 Å². The van der Waals surface area contributed by atoms with Crippen LogP contribution in [0.5, 0.6) is 0 Å². The van der Waals surface area contributed by atoms with Gasteiger partial charge in [0.2, 0.25) is 0 Å². The van der Waals surface area contributed by atoms with Crippen molar-refractivity contribution in [3.8, 4) is 0 Å². The molecule has 0 aliphatic carbocycles. The number of hydrogen-bond donors (Lipinski definition) is 2. The number of rotatable bonds is 6. The average Bonchev–Trinajstić information content (AvgIpc) is 3.01. The molecular formula is C36H36N2P2. The fourth-order valence-electron chi connectivity index (χ4n) is 4.36. The minimum absolute atomic E-state index is 0. The first kappa shape index (κ1) is 30.6. The zero-order chi connectivity index (χ0) is 25.8. The van der Waals surface area contributed by atoms with Gasteiger partial charge in [0.1, 0.15) is 0 Å². The molecule has 0 aliphatic heterocycles. The van der Waals surface area contributed by atoms with E-state index in [9.17, 15) is 0 Å². The van der Waals surface area contributed by atoms with E-state index in [0.717, 1.165) is 0 Å². The molecule has 0 aliphatic rings. The first-order valence-corrected chi connectivity index (χ1v) is 15.5. The quantitative estimate of drug-likeness (QED) is 0.212. The summed E-state index contributed by atoms with van der Waals surface area (Å²) in [7, 11) is -0.892. The molecule has 0 heterocycles. The highest BCUT2D eigenvalue weighted by Crippen LogP contribution is 2.33. The Bertz CT molecular complexity index is 1180. The lowest BCUT2D eigenvalue weighted by Crippen LogP contribution is -2.20. The van der Waals surface area contributed by atoms with Crippen molar-refractivity contribution in [2.45, 2.75) is 0 Å². The summed E-state index contributed by atoms with van der Waals surface area (Å²) in [5.41, 5.74) is 0. The predicted octanol–water partition coefficient (Wildman–Crippen LogP) is 7.21. The largest absolute Gasteiger partial charge is 0.344 e. The molecule has 200 valence electrons. The third-order valence-electron chi connectivity index (χ3n) is 6.09.